The van der Waals surface area contributed by atoms with Crippen molar-refractivity contribution in [3.63, 3.8) is 0 Å². The summed E-state index contributed by atoms with van der Waals surface area (Å²) < 4.78 is 5.42. The normalized spacial score (nSPS) is 14.8. The fraction of sp³-hybridized carbons (Fsp3) is 0.357. The van der Waals surface area contributed by atoms with Crippen molar-refractivity contribution < 1.29 is 4.74 Å². The van der Waals surface area contributed by atoms with Crippen LogP contribution < -0.4 is 5.32 Å². The lowest BCUT2D eigenvalue weighted by molar-refractivity contribution is 0.0860. The van der Waals surface area contributed by atoms with Gasteiger partial charge in [-0.25, -0.2) is 0 Å². The van der Waals surface area contributed by atoms with Crippen LogP contribution in [0.4, 0.5) is 0 Å². The van der Waals surface area contributed by atoms with Crippen LogP contribution in [0.5, 0.6) is 0 Å². The second-order valence-corrected chi connectivity index (χ2v) is 4.16. The highest BCUT2D eigenvalue weighted by atomic mass is 16.5. The maximum absolute atomic E-state index is 5.42. The van der Waals surface area contributed by atoms with Gasteiger partial charge in [0.05, 0.1) is 12.1 Å². The SMILES string of the molecule is CNC(c1cncc2ccccc12)C(C)OC. The largest absolute Gasteiger partial charge is 0.380 e. The van der Waals surface area contributed by atoms with Gasteiger partial charge >= 0.3 is 0 Å². The molecule has 1 aromatic heterocycles. The maximum atomic E-state index is 5.42. The Labute approximate surface area is 102 Å². The molecular formula is C14H18N2O. The molecule has 0 aliphatic rings. The van der Waals surface area contributed by atoms with Crippen LogP contribution in [0.1, 0.15) is 18.5 Å². The van der Waals surface area contributed by atoms with E-state index in [-0.39, 0.29) is 12.1 Å². The summed E-state index contributed by atoms with van der Waals surface area (Å²) in [5.41, 5.74) is 1.18. The molecule has 17 heavy (non-hydrogen) atoms. The van der Waals surface area contributed by atoms with E-state index >= 15 is 0 Å². The molecule has 2 rings (SSSR count). The highest BCUT2D eigenvalue weighted by Gasteiger charge is 2.19. The number of likely N-dealkylation sites (N-methyl/N-ethyl adjacent to an activating group) is 1. The first-order valence-electron chi connectivity index (χ1n) is 5.80. The Morgan fingerprint density at radius 1 is 1.24 bits per heavy atom. The van der Waals surface area contributed by atoms with Crippen molar-refractivity contribution in [3.05, 3.63) is 42.2 Å². The zero-order valence-corrected chi connectivity index (χ0v) is 10.5. The predicted molar refractivity (Wildman–Crippen MR) is 70.0 cm³/mol. The summed E-state index contributed by atoms with van der Waals surface area (Å²) in [6.45, 7) is 2.06. The molecule has 90 valence electrons. The van der Waals surface area contributed by atoms with Crippen LogP contribution in [0.2, 0.25) is 0 Å². The lowest BCUT2D eigenvalue weighted by atomic mass is 9.98. The number of methoxy groups -OCH3 is 1. The summed E-state index contributed by atoms with van der Waals surface area (Å²) >= 11 is 0. The average molecular weight is 230 g/mol. The number of rotatable bonds is 4. The van der Waals surface area contributed by atoms with Crippen LogP contribution in [0.25, 0.3) is 10.8 Å². The van der Waals surface area contributed by atoms with Gasteiger partial charge in [-0.2, -0.15) is 0 Å². The second-order valence-electron chi connectivity index (χ2n) is 4.16. The maximum Gasteiger partial charge on any atom is 0.0738 e. The van der Waals surface area contributed by atoms with Gasteiger partial charge in [0.25, 0.3) is 0 Å². The van der Waals surface area contributed by atoms with Crippen molar-refractivity contribution in [2.75, 3.05) is 14.2 Å². The van der Waals surface area contributed by atoms with Gasteiger partial charge < -0.3 is 10.1 Å². The van der Waals surface area contributed by atoms with Crippen molar-refractivity contribution >= 4 is 10.8 Å². The van der Waals surface area contributed by atoms with Crippen molar-refractivity contribution in [1.82, 2.24) is 10.3 Å². The van der Waals surface area contributed by atoms with Gasteiger partial charge in [-0.15, -0.1) is 0 Å². The number of nitrogens with one attached hydrogen (secondary N) is 1. The van der Waals surface area contributed by atoms with Crippen LogP contribution in [-0.4, -0.2) is 25.2 Å². The molecular weight excluding hydrogens is 212 g/mol. The monoisotopic (exact) mass is 230 g/mol. The van der Waals surface area contributed by atoms with E-state index in [1.165, 1.54) is 10.9 Å². The van der Waals surface area contributed by atoms with Crippen molar-refractivity contribution in [2.24, 2.45) is 0 Å². The van der Waals surface area contributed by atoms with E-state index < -0.39 is 0 Å². The molecule has 0 bridgehead atoms. The standard InChI is InChI=1S/C14H18N2O/c1-10(17-3)14(15-2)13-9-16-8-11-6-4-5-7-12(11)13/h4-10,14-15H,1-3H3. The van der Waals surface area contributed by atoms with Crippen LogP contribution in [-0.2, 0) is 4.74 Å². The van der Waals surface area contributed by atoms with Gasteiger partial charge in [-0.3, -0.25) is 4.98 Å². The predicted octanol–water partition coefficient (Wildman–Crippen LogP) is 2.53. The van der Waals surface area contributed by atoms with Crippen molar-refractivity contribution in [3.8, 4) is 0 Å². The first kappa shape index (κ1) is 12.0. The molecule has 2 atom stereocenters. The molecule has 3 heteroatoms. The number of hydrogen-bond donors (Lipinski definition) is 1. The smallest absolute Gasteiger partial charge is 0.0738 e. The Balaban J connectivity index is 2.53. The minimum absolute atomic E-state index is 0.104. The zero-order valence-electron chi connectivity index (χ0n) is 10.5. The molecule has 1 N–H and O–H groups in total. The van der Waals surface area contributed by atoms with Gasteiger partial charge in [0, 0.05) is 24.9 Å². The summed E-state index contributed by atoms with van der Waals surface area (Å²) in [6.07, 6.45) is 3.91. The Morgan fingerprint density at radius 3 is 2.71 bits per heavy atom. The van der Waals surface area contributed by atoms with E-state index in [2.05, 4.69) is 35.4 Å². The van der Waals surface area contributed by atoms with Crippen molar-refractivity contribution in [2.45, 2.75) is 19.1 Å². The first-order chi connectivity index (χ1) is 8.27. The van der Waals surface area contributed by atoms with E-state index in [0.717, 1.165) is 5.39 Å². The van der Waals surface area contributed by atoms with Crippen LogP contribution >= 0.6 is 0 Å². The molecule has 0 saturated carbocycles. The molecule has 3 nitrogen and oxygen atoms in total. The Hall–Kier alpha value is -1.45. The zero-order chi connectivity index (χ0) is 12.3. The molecule has 2 unspecified atom stereocenters. The second kappa shape index (κ2) is 5.25. The molecule has 0 saturated heterocycles. The van der Waals surface area contributed by atoms with Gasteiger partial charge in [0.2, 0.25) is 0 Å². The lowest BCUT2D eigenvalue weighted by Crippen LogP contribution is -2.28. The minimum atomic E-state index is 0.104. The van der Waals surface area contributed by atoms with Crippen LogP contribution in [0.3, 0.4) is 0 Å². The van der Waals surface area contributed by atoms with Crippen molar-refractivity contribution in [1.29, 1.82) is 0 Å². The number of hydrogen-bond acceptors (Lipinski definition) is 3. The van der Waals surface area contributed by atoms with E-state index in [0.29, 0.717) is 0 Å². The van der Waals surface area contributed by atoms with Gasteiger partial charge in [0.15, 0.2) is 0 Å². The van der Waals surface area contributed by atoms with Gasteiger partial charge in [-0.1, -0.05) is 24.3 Å². The van der Waals surface area contributed by atoms with Crippen LogP contribution in [0, 0.1) is 0 Å². The minimum Gasteiger partial charge on any atom is -0.380 e. The summed E-state index contributed by atoms with van der Waals surface area (Å²) in [5, 5.41) is 5.68. The number of fused-ring (bicyclic) bond motifs is 1. The molecule has 0 amide bonds. The third kappa shape index (κ3) is 2.30. The molecule has 1 aromatic carbocycles. The molecule has 0 radical (unpaired) electrons. The number of aromatic nitrogens is 1. The summed E-state index contributed by atoms with van der Waals surface area (Å²) in [7, 11) is 3.68. The Kier molecular flexibility index (Phi) is 3.71. The van der Waals surface area contributed by atoms with E-state index in [1.54, 1.807) is 7.11 Å². The Morgan fingerprint density at radius 2 is 2.00 bits per heavy atom. The first-order valence-corrected chi connectivity index (χ1v) is 5.80. The highest BCUT2D eigenvalue weighted by Crippen LogP contribution is 2.25. The van der Waals surface area contributed by atoms with Gasteiger partial charge in [0.1, 0.15) is 0 Å². The number of ether oxygens (including phenoxy) is 1. The molecule has 0 aliphatic carbocycles. The number of nitrogens with zero attached hydrogens (tertiary/aromatic N) is 1. The third-order valence-electron chi connectivity index (χ3n) is 3.19. The average Bonchev–Trinajstić information content (AvgIpc) is 2.39. The number of benzene rings is 1. The summed E-state index contributed by atoms with van der Waals surface area (Å²) in [6, 6.07) is 8.44. The summed E-state index contributed by atoms with van der Waals surface area (Å²) in [4.78, 5) is 4.30. The Bertz CT molecular complexity index is 493. The molecule has 2 aromatic rings. The van der Waals surface area contributed by atoms with Gasteiger partial charge in [-0.05, 0) is 24.9 Å². The lowest BCUT2D eigenvalue weighted by Gasteiger charge is -2.23. The molecule has 0 fully saturated rings. The van der Waals surface area contributed by atoms with E-state index in [4.69, 9.17) is 4.74 Å². The number of pyridine rings is 1. The fourth-order valence-electron chi connectivity index (χ4n) is 2.17. The quantitative estimate of drug-likeness (QED) is 0.876. The highest BCUT2D eigenvalue weighted by molar-refractivity contribution is 5.85. The van der Waals surface area contributed by atoms with E-state index in [1.807, 2.05) is 25.5 Å². The molecule has 0 spiro atoms. The van der Waals surface area contributed by atoms with E-state index in [9.17, 15) is 0 Å². The van der Waals surface area contributed by atoms with Crippen LogP contribution in [0.15, 0.2) is 36.7 Å². The third-order valence-corrected chi connectivity index (χ3v) is 3.19. The molecule has 0 aliphatic heterocycles. The topological polar surface area (TPSA) is 34.2 Å². The summed E-state index contributed by atoms with van der Waals surface area (Å²) in [5.74, 6) is 0. The fourth-order valence-corrected chi connectivity index (χ4v) is 2.17. The molecule has 1 heterocycles.